The quantitative estimate of drug-likeness (QED) is 0.760. The van der Waals surface area contributed by atoms with Crippen molar-refractivity contribution in [3.8, 4) is 0 Å². The second-order valence-electron chi connectivity index (χ2n) is 5.48. The number of nitrogens with two attached hydrogens (primary N) is 1. The Balaban J connectivity index is 3.38. The summed E-state index contributed by atoms with van der Waals surface area (Å²) < 4.78 is 13.5. The van der Waals surface area contributed by atoms with E-state index >= 15 is 0 Å². The van der Waals surface area contributed by atoms with E-state index in [9.17, 15) is 4.39 Å². The highest BCUT2D eigenvalue weighted by Gasteiger charge is 2.12. The van der Waals surface area contributed by atoms with Crippen molar-refractivity contribution in [1.29, 1.82) is 5.41 Å². The van der Waals surface area contributed by atoms with Crippen LogP contribution in [-0.2, 0) is 0 Å². The molecule has 4 heteroatoms. The van der Waals surface area contributed by atoms with Crippen molar-refractivity contribution in [2.75, 3.05) is 6.54 Å². The van der Waals surface area contributed by atoms with Gasteiger partial charge in [-0.2, -0.15) is 0 Å². The molecule has 0 atom stereocenters. The number of rotatable bonds is 6. The number of halogens is 1. The predicted molar refractivity (Wildman–Crippen MR) is 92.4 cm³/mol. The van der Waals surface area contributed by atoms with Crippen molar-refractivity contribution >= 4 is 11.9 Å². The summed E-state index contributed by atoms with van der Waals surface area (Å²) in [6.07, 6.45) is 4.92. The molecule has 3 nitrogen and oxygen atoms in total. The lowest BCUT2D eigenvalue weighted by atomic mass is 9.93. The Morgan fingerprint density at radius 2 is 2.09 bits per heavy atom. The van der Waals surface area contributed by atoms with Crippen molar-refractivity contribution in [1.82, 2.24) is 0 Å². The summed E-state index contributed by atoms with van der Waals surface area (Å²) in [5.41, 5.74) is 9.74. The fourth-order valence-electron chi connectivity index (χ4n) is 2.07. The molecule has 0 fully saturated rings. The first-order chi connectivity index (χ1) is 10.4. The first-order valence-corrected chi connectivity index (χ1v) is 7.32. The molecule has 0 radical (unpaired) electrons. The molecule has 118 valence electrons. The zero-order valence-electron chi connectivity index (χ0n) is 13.7. The van der Waals surface area contributed by atoms with Gasteiger partial charge in [-0.3, -0.25) is 4.99 Å². The largest absolute Gasteiger partial charge is 0.402 e. The maximum absolute atomic E-state index is 13.5. The Hall–Kier alpha value is -2.23. The van der Waals surface area contributed by atoms with E-state index in [1.165, 1.54) is 12.3 Å². The summed E-state index contributed by atoms with van der Waals surface area (Å²) in [4.78, 5) is 4.57. The number of hydrogen-bond acceptors (Lipinski definition) is 3. The normalized spacial score (nSPS) is 13.6. The van der Waals surface area contributed by atoms with Gasteiger partial charge in [-0.25, -0.2) is 4.39 Å². The molecule has 1 rings (SSSR count). The molecule has 22 heavy (non-hydrogen) atoms. The van der Waals surface area contributed by atoms with Crippen LogP contribution < -0.4 is 5.73 Å². The molecule has 1 aromatic rings. The molecule has 0 aliphatic carbocycles. The van der Waals surface area contributed by atoms with Crippen LogP contribution in [0.25, 0.3) is 0 Å². The molecule has 3 N–H and O–H groups in total. The van der Waals surface area contributed by atoms with Crippen LogP contribution in [0.15, 0.2) is 46.6 Å². The highest BCUT2D eigenvalue weighted by Crippen LogP contribution is 2.22. The Morgan fingerprint density at radius 1 is 1.41 bits per heavy atom. The standard InChI is InChI=1S/C18H24FN3/c1-5-14(10-20)11-22-18(8-13(4)21)16-7-6-15(19)9-17(16)12(2)3/h5-10,12,20H,11,21H2,1-4H3/b13-8?,14-5+,20-10?,22-18?. The van der Waals surface area contributed by atoms with Crippen molar-refractivity contribution in [2.24, 2.45) is 10.7 Å². The summed E-state index contributed by atoms with van der Waals surface area (Å²) in [5.74, 6) is -0.0832. The fraction of sp³-hybridized carbons (Fsp3) is 0.333. The second-order valence-corrected chi connectivity index (χ2v) is 5.48. The SMILES string of the molecule is C/C=C(\C=N)CN=C(C=C(C)N)c1ccc(F)cc1C(C)C. The first kappa shape index (κ1) is 17.8. The molecule has 0 unspecified atom stereocenters. The van der Waals surface area contributed by atoms with Crippen LogP contribution in [0.5, 0.6) is 0 Å². The second kappa shape index (κ2) is 8.27. The smallest absolute Gasteiger partial charge is 0.123 e. The summed E-state index contributed by atoms with van der Waals surface area (Å²) in [5, 5.41) is 7.34. The summed E-state index contributed by atoms with van der Waals surface area (Å²) >= 11 is 0. The van der Waals surface area contributed by atoms with Crippen LogP contribution in [0, 0.1) is 11.2 Å². The maximum atomic E-state index is 13.5. The predicted octanol–water partition coefficient (Wildman–Crippen LogP) is 4.20. The summed E-state index contributed by atoms with van der Waals surface area (Å²) in [6.45, 7) is 8.10. The molecule has 0 amide bonds. The molecule has 0 saturated heterocycles. The lowest BCUT2D eigenvalue weighted by molar-refractivity contribution is 0.623. The number of hydrogen-bond donors (Lipinski definition) is 2. The van der Waals surface area contributed by atoms with E-state index in [0.29, 0.717) is 18.0 Å². The molecule has 0 heterocycles. The molecular weight excluding hydrogens is 277 g/mol. The van der Waals surface area contributed by atoms with Crippen LogP contribution in [-0.4, -0.2) is 18.5 Å². The van der Waals surface area contributed by atoms with Crippen molar-refractivity contribution in [3.63, 3.8) is 0 Å². The van der Waals surface area contributed by atoms with Crippen LogP contribution in [0.3, 0.4) is 0 Å². The van der Waals surface area contributed by atoms with Crippen molar-refractivity contribution in [2.45, 2.75) is 33.6 Å². The molecular formula is C18H24FN3. The third kappa shape index (κ3) is 4.95. The number of aliphatic imine (C=N–C) groups is 1. The summed E-state index contributed by atoms with van der Waals surface area (Å²) in [7, 11) is 0. The lowest BCUT2D eigenvalue weighted by Crippen LogP contribution is -2.08. The van der Waals surface area contributed by atoms with Gasteiger partial charge in [-0.05, 0) is 55.2 Å². The average Bonchev–Trinajstić information content (AvgIpc) is 2.46. The minimum absolute atomic E-state index is 0.173. The van der Waals surface area contributed by atoms with Gasteiger partial charge < -0.3 is 11.1 Å². The monoisotopic (exact) mass is 301 g/mol. The Bertz CT molecular complexity index is 621. The molecule has 0 bridgehead atoms. The zero-order chi connectivity index (χ0) is 16.7. The topological polar surface area (TPSA) is 62.2 Å². The van der Waals surface area contributed by atoms with E-state index in [-0.39, 0.29) is 11.7 Å². The van der Waals surface area contributed by atoms with Gasteiger partial charge in [0.25, 0.3) is 0 Å². The van der Waals surface area contributed by atoms with E-state index in [2.05, 4.69) is 4.99 Å². The van der Waals surface area contributed by atoms with Crippen LogP contribution in [0.1, 0.15) is 44.7 Å². The highest BCUT2D eigenvalue weighted by molar-refractivity contribution is 6.10. The number of nitrogens with zero attached hydrogens (tertiary/aromatic N) is 1. The summed E-state index contributed by atoms with van der Waals surface area (Å²) in [6, 6.07) is 4.72. The highest BCUT2D eigenvalue weighted by atomic mass is 19.1. The maximum Gasteiger partial charge on any atom is 0.123 e. The zero-order valence-corrected chi connectivity index (χ0v) is 13.7. The van der Waals surface area contributed by atoms with Crippen LogP contribution in [0.4, 0.5) is 4.39 Å². The Kier molecular flexibility index (Phi) is 6.70. The van der Waals surface area contributed by atoms with Gasteiger partial charge in [0, 0.05) is 17.5 Å². The van der Waals surface area contributed by atoms with Gasteiger partial charge in [0.05, 0.1) is 12.3 Å². The molecule has 0 aliphatic rings. The first-order valence-electron chi connectivity index (χ1n) is 7.32. The van der Waals surface area contributed by atoms with E-state index in [1.54, 1.807) is 25.1 Å². The average molecular weight is 301 g/mol. The van der Waals surface area contributed by atoms with E-state index < -0.39 is 0 Å². The Labute approximate surface area is 132 Å². The molecule has 1 aromatic carbocycles. The van der Waals surface area contributed by atoms with Crippen LogP contribution in [0.2, 0.25) is 0 Å². The lowest BCUT2D eigenvalue weighted by Gasteiger charge is -2.14. The Morgan fingerprint density at radius 3 is 2.59 bits per heavy atom. The van der Waals surface area contributed by atoms with Crippen LogP contribution >= 0.6 is 0 Å². The third-order valence-corrected chi connectivity index (χ3v) is 3.26. The molecule has 0 aromatic heterocycles. The van der Waals surface area contributed by atoms with E-state index in [1.807, 2.05) is 26.8 Å². The molecule has 0 aliphatic heterocycles. The van der Waals surface area contributed by atoms with Gasteiger partial charge in [0.2, 0.25) is 0 Å². The number of allylic oxidation sites excluding steroid dienone is 3. The van der Waals surface area contributed by atoms with Gasteiger partial charge in [-0.1, -0.05) is 19.9 Å². The fourth-order valence-corrected chi connectivity index (χ4v) is 2.07. The minimum atomic E-state index is -0.256. The van der Waals surface area contributed by atoms with Gasteiger partial charge in [0.15, 0.2) is 0 Å². The minimum Gasteiger partial charge on any atom is -0.402 e. The van der Waals surface area contributed by atoms with E-state index in [0.717, 1.165) is 16.7 Å². The number of benzene rings is 1. The molecule has 0 spiro atoms. The van der Waals surface area contributed by atoms with Gasteiger partial charge in [0.1, 0.15) is 5.82 Å². The van der Waals surface area contributed by atoms with Crippen molar-refractivity contribution in [3.05, 3.63) is 58.6 Å². The number of nitrogens with one attached hydrogen (secondary N) is 1. The third-order valence-electron chi connectivity index (χ3n) is 3.26. The van der Waals surface area contributed by atoms with Gasteiger partial charge in [-0.15, -0.1) is 0 Å². The van der Waals surface area contributed by atoms with Gasteiger partial charge >= 0.3 is 0 Å². The van der Waals surface area contributed by atoms with E-state index in [4.69, 9.17) is 11.1 Å². The molecule has 0 saturated carbocycles. The van der Waals surface area contributed by atoms with Crippen molar-refractivity contribution < 1.29 is 4.39 Å².